The Labute approximate surface area is 129 Å². The summed E-state index contributed by atoms with van der Waals surface area (Å²) in [7, 11) is 0. The third-order valence-electron chi connectivity index (χ3n) is 2.95. The summed E-state index contributed by atoms with van der Waals surface area (Å²) in [6, 6.07) is 0. The monoisotopic (exact) mass is 300 g/mol. The van der Waals surface area contributed by atoms with Crippen molar-refractivity contribution in [1.29, 1.82) is 0 Å². The molecule has 0 heterocycles. The minimum Gasteiger partial charge on any atom is -0.460 e. The van der Waals surface area contributed by atoms with E-state index in [9.17, 15) is 4.79 Å². The van der Waals surface area contributed by atoms with Crippen LogP contribution < -0.4 is 0 Å². The molecular weight excluding hydrogens is 268 g/mol. The average Bonchev–Trinajstić information content (AvgIpc) is 2.33. The zero-order chi connectivity index (χ0) is 16.5. The summed E-state index contributed by atoms with van der Waals surface area (Å²) in [5, 5.41) is 0. The van der Waals surface area contributed by atoms with Gasteiger partial charge in [-0.2, -0.15) is 0 Å². The van der Waals surface area contributed by atoms with E-state index in [2.05, 4.69) is 48.1 Å². The van der Waals surface area contributed by atoms with E-state index in [4.69, 9.17) is 14.2 Å². The Balaban J connectivity index is 3.89. The molecule has 0 aromatic carbocycles. The first-order chi connectivity index (χ1) is 9.56. The molecule has 0 saturated carbocycles. The first-order valence-corrected chi connectivity index (χ1v) is 7.55. The van der Waals surface area contributed by atoms with Crippen LogP contribution in [0.25, 0.3) is 0 Å². The Hall–Kier alpha value is -0.870. The Morgan fingerprint density at radius 3 is 2.10 bits per heavy atom. The zero-order valence-electron chi connectivity index (χ0n) is 14.5. The fourth-order valence-electron chi connectivity index (χ4n) is 1.78. The number of ether oxygens (including phenoxy) is 3. The van der Waals surface area contributed by atoms with Gasteiger partial charge < -0.3 is 14.2 Å². The van der Waals surface area contributed by atoms with Gasteiger partial charge in [-0.1, -0.05) is 48.1 Å². The molecule has 0 aliphatic carbocycles. The summed E-state index contributed by atoms with van der Waals surface area (Å²) in [4.78, 5) is 10.8. The van der Waals surface area contributed by atoms with E-state index >= 15 is 0 Å². The van der Waals surface area contributed by atoms with Gasteiger partial charge in [-0.05, 0) is 17.3 Å². The van der Waals surface area contributed by atoms with Crippen LogP contribution in [0.15, 0.2) is 12.7 Å². The van der Waals surface area contributed by atoms with Crippen LogP contribution in [0.2, 0.25) is 0 Å². The molecular formula is C17H32O4. The van der Waals surface area contributed by atoms with Crippen LogP contribution in [0.5, 0.6) is 0 Å². The fourth-order valence-corrected chi connectivity index (χ4v) is 1.78. The summed E-state index contributed by atoms with van der Waals surface area (Å²) >= 11 is 0. The first-order valence-electron chi connectivity index (χ1n) is 7.55. The summed E-state index contributed by atoms with van der Waals surface area (Å²) in [6.07, 6.45) is 2.34. The highest BCUT2D eigenvalue weighted by Gasteiger charge is 2.29. The smallest absolute Gasteiger partial charge is 0.330 e. The van der Waals surface area contributed by atoms with Gasteiger partial charge in [-0.3, -0.25) is 0 Å². The Bertz CT molecular complexity index is 310. The van der Waals surface area contributed by atoms with Gasteiger partial charge >= 0.3 is 5.97 Å². The van der Waals surface area contributed by atoms with Gasteiger partial charge in [0.25, 0.3) is 0 Å². The Morgan fingerprint density at radius 1 is 1.05 bits per heavy atom. The zero-order valence-corrected chi connectivity index (χ0v) is 14.5. The molecule has 4 nitrogen and oxygen atoms in total. The van der Waals surface area contributed by atoms with E-state index in [0.717, 1.165) is 12.5 Å². The van der Waals surface area contributed by atoms with Crippen LogP contribution in [0.3, 0.4) is 0 Å². The molecule has 0 bridgehead atoms. The molecule has 0 N–H and O–H groups in total. The highest BCUT2D eigenvalue weighted by molar-refractivity contribution is 5.81. The number of carbonyl (C=O) groups is 1. The normalized spacial score (nSPS) is 13.8. The average molecular weight is 300 g/mol. The molecule has 0 fully saturated rings. The lowest BCUT2D eigenvalue weighted by molar-refractivity contribution is -0.139. The number of rotatable bonds is 9. The Kier molecular flexibility index (Phi) is 8.83. The van der Waals surface area contributed by atoms with Gasteiger partial charge in [-0.25, -0.2) is 4.79 Å². The van der Waals surface area contributed by atoms with Gasteiger partial charge in [0.1, 0.15) is 6.61 Å². The molecule has 0 saturated heterocycles. The van der Waals surface area contributed by atoms with Gasteiger partial charge in [-0.15, -0.1) is 0 Å². The van der Waals surface area contributed by atoms with Crippen molar-refractivity contribution >= 4 is 5.97 Å². The van der Waals surface area contributed by atoms with Crippen molar-refractivity contribution in [1.82, 2.24) is 0 Å². The quantitative estimate of drug-likeness (QED) is 0.371. The lowest BCUT2D eigenvalue weighted by atomic mass is 9.78. The number of esters is 1. The maximum absolute atomic E-state index is 10.8. The molecule has 1 unspecified atom stereocenters. The topological polar surface area (TPSA) is 44.8 Å². The minimum atomic E-state index is -0.423. The summed E-state index contributed by atoms with van der Waals surface area (Å²) in [5.74, 6) is -0.423. The molecule has 0 aromatic rings. The molecule has 0 rings (SSSR count). The molecule has 0 aromatic heterocycles. The van der Waals surface area contributed by atoms with Crippen molar-refractivity contribution in [2.45, 2.75) is 54.1 Å². The van der Waals surface area contributed by atoms with Crippen LogP contribution in [0.4, 0.5) is 0 Å². The molecule has 0 aliphatic heterocycles. The van der Waals surface area contributed by atoms with E-state index in [-0.39, 0.29) is 23.5 Å². The van der Waals surface area contributed by atoms with Crippen molar-refractivity contribution in [2.24, 2.45) is 10.8 Å². The maximum atomic E-state index is 10.8. The van der Waals surface area contributed by atoms with Crippen molar-refractivity contribution in [3.8, 4) is 0 Å². The second kappa shape index (κ2) is 9.21. The van der Waals surface area contributed by atoms with Crippen LogP contribution in [-0.4, -0.2) is 38.5 Å². The molecule has 21 heavy (non-hydrogen) atoms. The SMILES string of the molecule is C=CC(=O)OCCOCCOC(CC(C)(C)C)C(C)(C)C. The lowest BCUT2D eigenvalue weighted by Crippen LogP contribution is -2.34. The van der Waals surface area contributed by atoms with E-state index in [1.807, 2.05) is 0 Å². The molecule has 124 valence electrons. The summed E-state index contributed by atoms with van der Waals surface area (Å²) < 4.78 is 16.2. The van der Waals surface area contributed by atoms with Crippen LogP contribution in [-0.2, 0) is 19.0 Å². The predicted molar refractivity (Wildman–Crippen MR) is 85.2 cm³/mol. The lowest BCUT2D eigenvalue weighted by Gasteiger charge is -2.35. The molecule has 1 atom stereocenters. The highest BCUT2D eigenvalue weighted by Crippen LogP contribution is 2.32. The van der Waals surface area contributed by atoms with Gasteiger partial charge in [0.2, 0.25) is 0 Å². The van der Waals surface area contributed by atoms with E-state index in [1.54, 1.807) is 0 Å². The van der Waals surface area contributed by atoms with E-state index in [1.165, 1.54) is 0 Å². The summed E-state index contributed by atoms with van der Waals surface area (Å²) in [5.41, 5.74) is 0.338. The minimum absolute atomic E-state index is 0.104. The van der Waals surface area contributed by atoms with Crippen molar-refractivity contribution in [2.75, 3.05) is 26.4 Å². The second-order valence-electron chi connectivity index (χ2n) is 7.47. The van der Waals surface area contributed by atoms with Crippen molar-refractivity contribution in [3.63, 3.8) is 0 Å². The highest BCUT2D eigenvalue weighted by atomic mass is 16.6. The second-order valence-corrected chi connectivity index (χ2v) is 7.47. The van der Waals surface area contributed by atoms with Crippen LogP contribution in [0.1, 0.15) is 48.0 Å². The standard InChI is InChI=1S/C17H32O4/c1-8-15(18)21-12-10-19-9-11-20-14(17(5,6)7)13-16(2,3)4/h8,14H,1,9-13H2,2-7H3. The van der Waals surface area contributed by atoms with Gasteiger partial charge in [0.05, 0.1) is 25.9 Å². The van der Waals surface area contributed by atoms with Crippen LogP contribution >= 0.6 is 0 Å². The molecule has 0 aliphatic rings. The van der Waals surface area contributed by atoms with Crippen molar-refractivity contribution in [3.05, 3.63) is 12.7 Å². The predicted octanol–water partition coefficient (Wildman–Crippen LogP) is 3.60. The third-order valence-corrected chi connectivity index (χ3v) is 2.95. The molecule has 0 radical (unpaired) electrons. The summed E-state index contributed by atoms with van der Waals surface area (Å²) in [6.45, 7) is 18.2. The van der Waals surface area contributed by atoms with Gasteiger partial charge in [0, 0.05) is 6.08 Å². The molecule has 4 heteroatoms. The molecule has 0 amide bonds. The molecule has 0 spiro atoms. The Morgan fingerprint density at radius 2 is 1.62 bits per heavy atom. The number of hydrogen-bond acceptors (Lipinski definition) is 4. The van der Waals surface area contributed by atoms with Gasteiger partial charge in [0.15, 0.2) is 0 Å². The largest absolute Gasteiger partial charge is 0.460 e. The first kappa shape index (κ1) is 20.1. The number of carbonyl (C=O) groups excluding carboxylic acids is 1. The van der Waals surface area contributed by atoms with Crippen molar-refractivity contribution < 1.29 is 19.0 Å². The maximum Gasteiger partial charge on any atom is 0.330 e. The fraction of sp³-hybridized carbons (Fsp3) is 0.824. The third kappa shape index (κ3) is 11.5. The number of hydrogen-bond donors (Lipinski definition) is 0. The van der Waals surface area contributed by atoms with E-state index < -0.39 is 5.97 Å². The van der Waals surface area contributed by atoms with E-state index in [0.29, 0.717) is 19.8 Å². The van der Waals surface area contributed by atoms with Crippen LogP contribution in [0, 0.1) is 10.8 Å².